The highest BCUT2D eigenvalue weighted by Crippen LogP contribution is 2.23. The average Bonchev–Trinajstić information content (AvgIpc) is 2.89. The van der Waals surface area contributed by atoms with E-state index in [4.69, 9.17) is 11.0 Å². The molecule has 2 aromatic heterocycles. The van der Waals surface area contributed by atoms with Crippen molar-refractivity contribution < 1.29 is 4.79 Å². The third kappa shape index (κ3) is 7.24. The molecular formula is C27H31N7O. The first-order valence-corrected chi connectivity index (χ1v) is 11.4. The molecular weight excluding hydrogens is 438 g/mol. The monoisotopic (exact) mass is 469 g/mol. The molecule has 1 unspecified atom stereocenters. The lowest BCUT2D eigenvalue weighted by molar-refractivity contribution is 0.100. The maximum absolute atomic E-state index is 11.7. The standard InChI is InChI=1S/C25H25N7O.C2H6/c1-4-19(32-22-13-18(14-26)11-12-28-22)8-5-7-16(2)17(3)31-25-21-10-6-9-20(24(27)33)23(21)29-15-30-25;1-2/h5-13,15,17H,2,4H2,1,3H3,(H2,27,33)(H,28,32)(H,29,30,31);1-2H3/b7-5-,19-8+;. The Morgan fingerprint density at radius 2 is 2.03 bits per heavy atom. The lowest BCUT2D eigenvalue weighted by Gasteiger charge is -2.16. The molecule has 2 heterocycles. The van der Waals surface area contributed by atoms with Gasteiger partial charge in [0.05, 0.1) is 22.7 Å². The number of pyridine rings is 1. The molecule has 35 heavy (non-hydrogen) atoms. The Balaban J connectivity index is 0.00000210. The van der Waals surface area contributed by atoms with Gasteiger partial charge in [0, 0.05) is 23.3 Å². The van der Waals surface area contributed by atoms with Gasteiger partial charge in [0.2, 0.25) is 0 Å². The number of nitriles is 1. The highest BCUT2D eigenvalue weighted by molar-refractivity contribution is 6.06. The number of hydrogen-bond acceptors (Lipinski definition) is 7. The van der Waals surface area contributed by atoms with Crippen molar-refractivity contribution >= 4 is 28.4 Å². The first-order chi connectivity index (χ1) is 16.9. The summed E-state index contributed by atoms with van der Waals surface area (Å²) in [6.07, 6.45) is 9.52. The Hall–Kier alpha value is -4.51. The molecule has 0 radical (unpaired) electrons. The number of allylic oxidation sites excluding steroid dienone is 3. The number of carbonyl (C=O) groups is 1. The van der Waals surface area contributed by atoms with E-state index >= 15 is 0 Å². The summed E-state index contributed by atoms with van der Waals surface area (Å²) in [4.78, 5) is 24.5. The fraction of sp³-hybridized carbons (Fsp3) is 0.222. The third-order valence-electron chi connectivity index (χ3n) is 5.01. The van der Waals surface area contributed by atoms with Gasteiger partial charge in [-0.3, -0.25) is 4.79 Å². The number of anilines is 2. The summed E-state index contributed by atoms with van der Waals surface area (Å²) in [6.45, 7) is 12.1. The van der Waals surface area contributed by atoms with E-state index in [2.05, 4.69) is 38.2 Å². The van der Waals surface area contributed by atoms with Crippen LogP contribution in [0.1, 0.15) is 50.0 Å². The zero-order valence-corrected chi connectivity index (χ0v) is 20.5. The van der Waals surface area contributed by atoms with E-state index in [1.54, 1.807) is 30.5 Å². The van der Waals surface area contributed by atoms with Crippen LogP contribution in [-0.4, -0.2) is 26.9 Å². The van der Waals surface area contributed by atoms with Gasteiger partial charge in [0.15, 0.2) is 0 Å². The van der Waals surface area contributed by atoms with Gasteiger partial charge in [-0.2, -0.15) is 5.26 Å². The van der Waals surface area contributed by atoms with Gasteiger partial charge in [0.1, 0.15) is 18.0 Å². The molecule has 0 saturated carbocycles. The topological polar surface area (TPSA) is 130 Å². The molecule has 1 aromatic carbocycles. The largest absolute Gasteiger partial charge is 0.366 e. The zero-order valence-electron chi connectivity index (χ0n) is 20.5. The summed E-state index contributed by atoms with van der Waals surface area (Å²) in [6, 6.07) is 10.6. The fourth-order valence-electron chi connectivity index (χ4n) is 3.11. The van der Waals surface area contributed by atoms with Gasteiger partial charge < -0.3 is 16.4 Å². The van der Waals surface area contributed by atoms with Crippen molar-refractivity contribution in [3.05, 3.63) is 90.1 Å². The average molecular weight is 470 g/mol. The molecule has 1 amide bonds. The number of aromatic nitrogens is 3. The Morgan fingerprint density at radius 3 is 2.71 bits per heavy atom. The van der Waals surface area contributed by atoms with E-state index in [-0.39, 0.29) is 6.04 Å². The molecule has 0 spiro atoms. The summed E-state index contributed by atoms with van der Waals surface area (Å²) in [7, 11) is 0. The number of hydrogen-bond donors (Lipinski definition) is 3. The number of nitrogens with two attached hydrogens (primary N) is 1. The lowest BCUT2D eigenvalue weighted by Crippen LogP contribution is -2.18. The van der Waals surface area contributed by atoms with E-state index in [1.165, 1.54) is 6.33 Å². The Bertz CT molecular complexity index is 1290. The van der Waals surface area contributed by atoms with E-state index < -0.39 is 5.91 Å². The lowest BCUT2D eigenvalue weighted by atomic mass is 10.1. The smallest absolute Gasteiger partial charge is 0.250 e. The zero-order chi connectivity index (χ0) is 25.8. The minimum Gasteiger partial charge on any atom is -0.366 e. The van der Waals surface area contributed by atoms with E-state index in [1.807, 2.05) is 52.0 Å². The van der Waals surface area contributed by atoms with Crippen molar-refractivity contribution in [2.24, 2.45) is 5.73 Å². The maximum Gasteiger partial charge on any atom is 0.250 e. The number of carbonyl (C=O) groups excluding carboxylic acids is 1. The molecule has 3 rings (SSSR count). The molecule has 8 nitrogen and oxygen atoms in total. The normalized spacial score (nSPS) is 11.8. The predicted octanol–water partition coefficient (Wildman–Crippen LogP) is 5.34. The summed E-state index contributed by atoms with van der Waals surface area (Å²) >= 11 is 0. The van der Waals surface area contributed by atoms with Crippen LogP contribution >= 0.6 is 0 Å². The van der Waals surface area contributed by atoms with Crippen LogP contribution in [0.2, 0.25) is 0 Å². The minimum absolute atomic E-state index is 0.128. The number of primary amides is 1. The second-order valence-electron chi connectivity index (χ2n) is 7.30. The Labute approximate surface area is 206 Å². The molecule has 0 aliphatic carbocycles. The van der Waals surface area contributed by atoms with Gasteiger partial charge >= 0.3 is 0 Å². The van der Waals surface area contributed by atoms with Crippen molar-refractivity contribution in [1.82, 2.24) is 15.0 Å². The Morgan fingerprint density at radius 1 is 1.26 bits per heavy atom. The van der Waals surface area contributed by atoms with Crippen LogP contribution in [0.3, 0.4) is 0 Å². The van der Waals surface area contributed by atoms with Crippen LogP contribution in [0.25, 0.3) is 10.9 Å². The van der Waals surface area contributed by atoms with Crippen LogP contribution < -0.4 is 16.4 Å². The second kappa shape index (κ2) is 13.3. The first kappa shape index (κ1) is 26.7. The summed E-state index contributed by atoms with van der Waals surface area (Å²) in [5, 5.41) is 16.3. The van der Waals surface area contributed by atoms with Crippen molar-refractivity contribution in [2.45, 2.75) is 40.2 Å². The van der Waals surface area contributed by atoms with Crippen LogP contribution in [0.4, 0.5) is 11.6 Å². The predicted molar refractivity (Wildman–Crippen MR) is 142 cm³/mol. The minimum atomic E-state index is -0.535. The maximum atomic E-state index is 11.7. The number of rotatable bonds is 9. The number of amides is 1. The molecule has 8 heteroatoms. The van der Waals surface area contributed by atoms with Crippen molar-refractivity contribution in [2.75, 3.05) is 10.6 Å². The van der Waals surface area contributed by atoms with E-state index in [0.717, 1.165) is 17.7 Å². The number of fused-ring (bicyclic) bond motifs is 1. The number of benzene rings is 1. The Kier molecular flexibility index (Phi) is 10.1. The molecule has 0 saturated heterocycles. The highest BCUT2D eigenvalue weighted by Gasteiger charge is 2.13. The van der Waals surface area contributed by atoms with Gasteiger partial charge in [-0.15, -0.1) is 0 Å². The molecule has 0 bridgehead atoms. The summed E-state index contributed by atoms with van der Waals surface area (Å²) < 4.78 is 0. The van der Waals surface area contributed by atoms with Crippen LogP contribution in [0.15, 0.2) is 78.9 Å². The van der Waals surface area contributed by atoms with Crippen molar-refractivity contribution in [3.63, 3.8) is 0 Å². The molecule has 180 valence electrons. The van der Waals surface area contributed by atoms with Crippen molar-refractivity contribution in [3.8, 4) is 6.07 Å². The van der Waals surface area contributed by atoms with Crippen LogP contribution in [0.5, 0.6) is 0 Å². The number of para-hydroxylation sites is 1. The summed E-state index contributed by atoms with van der Waals surface area (Å²) in [5.41, 5.74) is 8.65. The summed E-state index contributed by atoms with van der Waals surface area (Å²) in [5.74, 6) is 0.683. The van der Waals surface area contributed by atoms with Crippen molar-refractivity contribution in [1.29, 1.82) is 5.26 Å². The van der Waals surface area contributed by atoms with E-state index in [0.29, 0.717) is 33.7 Å². The molecule has 3 aromatic rings. The first-order valence-electron chi connectivity index (χ1n) is 11.4. The quantitative estimate of drug-likeness (QED) is 0.361. The second-order valence-corrected chi connectivity index (χ2v) is 7.30. The third-order valence-corrected chi connectivity index (χ3v) is 5.01. The molecule has 0 fully saturated rings. The molecule has 4 N–H and O–H groups in total. The van der Waals surface area contributed by atoms with Crippen LogP contribution in [-0.2, 0) is 0 Å². The van der Waals surface area contributed by atoms with E-state index in [9.17, 15) is 4.79 Å². The number of nitrogens with zero attached hydrogens (tertiary/aromatic N) is 4. The fourth-order valence-corrected chi connectivity index (χ4v) is 3.11. The van der Waals surface area contributed by atoms with Gasteiger partial charge in [-0.05, 0) is 49.3 Å². The van der Waals surface area contributed by atoms with Gasteiger partial charge in [0.25, 0.3) is 5.91 Å². The van der Waals surface area contributed by atoms with Gasteiger partial charge in [-0.25, -0.2) is 15.0 Å². The number of nitrogens with one attached hydrogen (secondary N) is 2. The molecule has 1 atom stereocenters. The molecule has 0 aliphatic heterocycles. The highest BCUT2D eigenvalue weighted by atomic mass is 16.1. The molecule has 0 aliphatic rings. The van der Waals surface area contributed by atoms with Crippen LogP contribution in [0, 0.1) is 11.3 Å². The van der Waals surface area contributed by atoms with Gasteiger partial charge in [-0.1, -0.05) is 45.6 Å². The SMILES string of the molecule is C=C(/C=C\C=C(/CC)Nc1cc(C#N)ccn1)C(C)Nc1ncnc2c(C(N)=O)cccc12.CC.